The zero-order valence-electron chi connectivity index (χ0n) is 11.8. The van der Waals surface area contributed by atoms with Crippen LogP contribution in [0.15, 0.2) is 45.7 Å². The fourth-order valence-electron chi connectivity index (χ4n) is 2.29. The minimum atomic E-state index is -0.589. The van der Waals surface area contributed by atoms with Crippen molar-refractivity contribution in [3.05, 3.63) is 52.5 Å². The van der Waals surface area contributed by atoms with Gasteiger partial charge in [0.2, 0.25) is 5.43 Å². The molecule has 0 atom stereocenters. The minimum absolute atomic E-state index is 0.0330. The summed E-state index contributed by atoms with van der Waals surface area (Å²) in [5.41, 5.74) is 1.11. The second-order valence-corrected chi connectivity index (χ2v) is 5.25. The minimum Gasteiger partial charge on any atom is -0.459 e. The van der Waals surface area contributed by atoms with E-state index >= 15 is 0 Å². The van der Waals surface area contributed by atoms with E-state index in [2.05, 4.69) is 4.98 Å². The molecule has 0 radical (unpaired) electrons. The highest BCUT2D eigenvalue weighted by atomic mass is 35.5. The first kappa shape index (κ1) is 15.6. The molecule has 0 aliphatic rings. The lowest BCUT2D eigenvalue weighted by Gasteiger charge is -2.08. The fraction of sp³-hybridized carbons (Fsp3) is 0.125. The van der Waals surface area contributed by atoms with E-state index in [4.69, 9.17) is 32.4 Å². The van der Waals surface area contributed by atoms with Gasteiger partial charge in [-0.25, -0.2) is 0 Å². The van der Waals surface area contributed by atoms with Crippen LogP contribution in [0.25, 0.3) is 22.2 Å². The Hall–Kier alpha value is -2.24. The number of fused-ring (bicyclic) bond motifs is 1. The molecule has 0 fully saturated rings. The number of benzene rings is 1. The molecule has 0 spiro atoms. The Morgan fingerprint density at radius 2 is 2.09 bits per heavy atom. The highest BCUT2D eigenvalue weighted by molar-refractivity contribution is 6.26. The maximum absolute atomic E-state index is 12.7. The average Bonchev–Trinajstić information content (AvgIpc) is 3.08. The molecule has 1 aromatic carbocycles. The highest BCUT2D eigenvalue weighted by Crippen LogP contribution is 2.27. The number of alkyl halides is 2. The first-order valence-corrected chi connectivity index (χ1v) is 7.77. The summed E-state index contributed by atoms with van der Waals surface area (Å²) in [5.74, 6) is -0.229. The normalized spacial score (nSPS) is 10.9. The number of halogens is 2. The molecule has 7 heteroatoms. The van der Waals surface area contributed by atoms with E-state index < -0.39 is 5.97 Å². The van der Waals surface area contributed by atoms with E-state index in [1.807, 2.05) is 0 Å². The Kier molecular flexibility index (Phi) is 4.41. The second kappa shape index (κ2) is 6.48. The Balaban J connectivity index is 2.18. The van der Waals surface area contributed by atoms with E-state index in [9.17, 15) is 9.59 Å². The van der Waals surface area contributed by atoms with E-state index in [1.54, 1.807) is 24.4 Å². The van der Waals surface area contributed by atoms with E-state index in [-0.39, 0.29) is 22.9 Å². The van der Waals surface area contributed by atoms with Gasteiger partial charge in [0.25, 0.3) is 0 Å². The van der Waals surface area contributed by atoms with Crippen LogP contribution in [-0.2, 0) is 10.7 Å². The van der Waals surface area contributed by atoms with Crippen LogP contribution in [0.5, 0.6) is 5.75 Å². The number of nitrogens with one attached hydrogen (secondary N) is 1. The fourth-order valence-corrected chi connectivity index (χ4v) is 2.54. The molecule has 0 aliphatic carbocycles. The molecule has 3 aromatic rings. The Morgan fingerprint density at radius 1 is 1.26 bits per heavy atom. The van der Waals surface area contributed by atoms with Crippen LogP contribution in [0.4, 0.5) is 0 Å². The van der Waals surface area contributed by atoms with Crippen molar-refractivity contribution >= 4 is 40.1 Å². The monoisotopic (exact) mass is 351 g/mol. The quantitative estimate of drug-likeness (QED) is 0.442. The molecule has 1 N–H and O–H groups in total. The molecule has 2 heterocycles. The van der Waals surface area contributed by atoms with Crippen molar-refractivity contribution < 1.29 is 13.9 Å². The zero-order valence-corrected chi connectivity index (χ0v) is 13.3. The molecular formula is C16H11Cl2NO4. The molecule has 0 unspecified atom stereocenters. The Bertz CT molecular complexity index is 916. The van der Waals surface area contributed by atoms with Crippen molar-refractivity contribution in [1.29, 1.82) is 0 Å². The number of rotatable bonds is 4. The third kappa shape index (κ3) is 2.98. The smallest absolute Gasteiger partial charge is 0.326 e. The van der Waals surface area contributed by atoms with E-state index in [1.165, 1.54) is 12.1 Å². The van der Waals surface area contributed by atoms with Gasteiger partial charge in [0, 0.05) is 12.3 Å². The second-order valence-electron chi connectivity index (χ2n) is 4.71. The van der Waals surface area contributed by atoms with E-state index in [0.29, 0.717) is 28.0 Å². The number of ether oxygens (including phenoxy) is 1. The van der Waals surface area contributed by atoms with Crippen LogP contribution in [0.2, 0.25) is 0 Å². The van der Waals surface area contributed by atoms with E-state index in [0.717, 1.165) is 0 Å². The van der Waals surface area contributed by atoms with Gasteiger partial charge in [0.15, 0.2) is 0 Å². The van der Waals surface area contributed by atoms with Gasteiger partial charge in [-0.05, 0) is 24.3 Å². The van der Waals surface area contributed by atoms with Crippen molar-refractivity contribution in [3.8, 4) is 17.0 Å². The van der Waals surface area contributed by atoms with Crippen LogP contribution >= 0.6 is 23.2 Å². The lowest BCUT2D eigenvalue weighted by atomic mass is 10.1. The van der Waals surface area contributed by atoms with Gasteiger partial charge in [-0.2, -0.15) is 0 Å². The van der Waals surface area contributed by atoms with Gasteiger partial charge < -0.3 is 14.1 Å². The molecule has 0 aliphatic heterocycles. The zero-order chi connectivity index (χ0) is 16.4. The molecule has 23 heavy (non-hydrogen) atoms. The number of aromatic amines is 1. The van der Waals surface area contributed by atoms with Gasteiger partial charge in [-0.1, -0.05) is 0 Å². The number of carbonyl (C=O) groups excluding carboxylic acids is 1. The predicted molar refractivity (Wildman–Crippen MR) is 88.2 cm³/mol. The van der Waals surface area contributed by atoms with Crippen molar-refractivity contribution in [2.75, 3.05) is 5.88 Å². The summed E-state index contributed by atoms with van der Waals surface area (Å²) in [6.07, 6.45) is 1.71. The van der Waals surface area contributed by atoms with Gasteiger partial charge in [-0.15, -0.1) is 23.2 Å². The summed E-state index contributed by atoms with van der Waals surface area (Å²) in [6.45, 7) is 0. The summed E-state index contributed by atoms with van der Waals surface area (Å²) in [5, 5.41) is 0.370. The first-order chi connectivity index (χ1) is 11.1. The number of esters is 1. The van der Waals surface area contributed by atoms with Crippen molar-refractivity contribution in [3.63, 3.8) is 0 Å². The first-order valence-electron chi connectivity index (χ1n) is 6.70. The summed E-state index contributed by atoms with van der Waals surface area (Å²) in [7, 11) is 0. The third-order valence-electron chi connectivity index (χ3n) is 3.27. The van der Waals surface area contributed by atoms with Gasteiger partial charge >= 0.3 is 5.97 Å². The molecule has 0 amide bonds. The molecular weight excluding hydrogens is 341 g/mol. The van der Waals surface area contributed by atoms with Gasteiger partial charge in [0.05, 0.1) is 22.5 Å². The third-order valence-corrected chi connectivity index (χ3v) is 3.73. The van der Waals surface area contributed by atoms with Crippen LogP contribution in [-0.4, -0.2) is 16.8 Å². The summed E-state index contributed by atoms with van der Waals surface area (Å²) < 4.78 is 10.7. The predicted octanol–water partition coefficient (Wildman–Crippen LogP) is 3.67. The van der Waals surface area contributed by atoms with Crippen LogP contribution in [0, 0.1) is 0 Å². The Morgan fingerprint density at radius 3 is 2.74 bits per heavy atom. The van der Waals surface area contributed by atoms with Crippen molar-refractivity contribution in [1.82, 2.24) is 4.98 Å². The number of hydrogen-bond acceptors (Lipinski definition) is 4. The highest BCUT2D eigenvalue weighted by Gasteiger charge is 2.17. The van der Waals surface area contributed by atoms with Crippen molar-refractivity contribution in [2.45, 2.75) is 5.88 Å². The Labute approximate surface area is 140 Å². The topological polar surface area (TPSA) is 72.3 Å². The van der Waals surface area contributed by atoms with Crippen molar-refractivity contribution in [2.24, 2.45) is 0 Å². The average molecular weight is 352 g/mol. The van der Waals surface area contributed by atoms with Crippen LogP contribution in [0.1, 0.15) is 5.76 Å². The number of hydrogen-bond donors (Lipinski definition) is 1. The van der Waals surface area contributed by atoms with Gasteiger partial charge in [0.1, 0.15) is 23.0 Å². The number of aromatic nitrogens is 1. The number of H-pyrrole nitrogens is 1. The molecule has 5 nitrogen and oxygen atoms in total. The summed E-state index contributed by atoms with van der Waals surface area (Å²) in [4.78, 5) is 26.9. The molecule has 0 saturated carbocycles. The molecule has 2 aromatic heterocycles. The summed E-state index contributed by atoms with van der Waals surface area (Å²) in [6, 6.07) is 8.08. The van der Waals surface area contributed by atoms with Crippen LogP contribution in [0.3, 0.4) is 0 Å². The molecule has 0 bridgehead atoms. The standard InChI is InChI=1S/C16H11Cl2NO4/c17-7-13-15(11-2-1-5-19-11)16(21)10-4-3-9(6-12(10)23-13)22-14(20)8-18/h1-6,19H,7-8H2. The molecule has 0 saturated heterocycles. The molecule has 118 valence electrons. The maximum atomic E-state index is 12.7. The lowest BCUT2D eigenvalue weighted by molar-refractivity contribution is -0.131. The molecule has 3 rings (SSSR count). The SMILES string of the molecule is O=C(CCl)Oc1ccc2c(=O)c(-c3ccc[nH]3)c(CCl)oc2c1. The largest absolute Gasteiger partial charge is 0.459 e. The number of carbonyl (C=O) groups is 1. The maximum Gasteiger partial charge on any atom is 0.326 e. The van der Waals surface area contributed by atoms with Gasteiger partial charge in [-0.3, -0.25) is 9.59 Å². The lowest BCUT2D eigenvalue weighted by Crippen LogP contribution is -2.11. The van der Waals surface area contributed by atoms with Crippen LogP contribution < -0.4 is 10.2 Å². The summed E-state index contributed by atoms with van der Waals surface area (Å²) >= 11 is 11.3.